The number of rotatable bonds is 4. The van der Waals surface area contributed by atoms with Crippen molar-refractivity contribution in [2.45, 2.75) is 64.9 Å². The lowest BCUT2D eigenvalue weighted by molar-refractivity contribution is -0.139. The Morgan fingerprint density at radius 2 is 1.76 bits per heavy atom. The van der Waals surface area contributed by atoms with Gasteiger partial charge in [-0.05, 0) is 32.6 Å². The van der Waals surface area contributed by atoms with Crippen molar-refractivity contribution in [2.75, 3.05) is 6.61 Å². The Morgan fingerprint density at radius 1 is 1.24 bits per heavy atom. The normalized spacial score (nSPS) is 17.3. The predicted octanol–water partition coefficient (Wildman–Crippen LogP) is 2.53. The predicted molar refractivity (Wildman–Crippen MR) is 79.8 cm³/mol. The SMILES string of the molecule is CC(C)(C)OC(N)=O.O=C(O)CC(CO)C1CCCCC1. The molecule has 1 aliphatic carbocycles. The van der Waals surface area contributed by atoms with Gasteiger partial charge in [-0.25, -0.2) is 4.79 Å². The molecule has 0 aromatic carbocycles. The van der Waals surface area contributed by atoms with E-state index in [2.05, 4.69) is 4.74 Å². The van der Waals surface area contributed by atoms with Gasteiger partial charge in [-0.1, -0.05) is 32.1 Å². The van der Waals surface area contributed by atoms with Crippen LogP contribution in [-0.4, -0.2) is 34.5 Å². The molecule has 1 amide bonds. The number of aliphatic hydroxyl groups excluding tert-OH is 1. The number of amides is 1. The Labute approximate surface area is 126 Å². The molecule has 0 heterocycles. The van der Waals surface area contributed by atoms with E-state index in [0.717, 1.165) is 12.8 Å². The van der Waals surface area contributed by atoms with E-state index >= 15 is 0 Å². The first-order chi connectivity index (χ1) is 9.65. The number of carboxylic acids is 1. The summed E-state index contributed by atoms with van der Waals surface area (Å²) in [6.07, 6.45) is 5.25. The van der Waals surface area contributed by atoms with Crippen LogP contribution >= 0.6 is 0 Å². The summed E-state index contributed by atoms with van der Waals surface area (Å²) < 4.78 is 4.58. The Hall–Kier alpha value is -1.30. The van der Waals surface area contributed by atoms with Crippen molar-refractivity contribution >= 4 is 12.1 Å². The first-order valence-corrected chi connectivity index (χ1v) is 7.46. The molecule has 1 aliphatic rings. The molecule has 0 radical (unpaired) electrons. The molecular weight excluding hydrogens is 274 g/mol. The van der Waals surface area contributed by atoms with Gasteiger partial charge in [0, 0.05) is 6.61 Å². The number of ether oxygens (including phenoxy) is 1. The highest BCUT2D eigenvalue weighted by atomic mass is 16.6. The van der Waals surface area contributed by atoms with E-state index < -0.39 is 17.7 Å². The molecule has 0 aromatic rings. The van der Waals surface area contributed by atoms with Gasteiger partial charge in [-0.2, -0.15) is 0 Å². The van der Waals surface area contributed by atoms with Gasteiger partial charge >= 0.3 is 12.1 Å². The molecule has 124 valence electrons. The average molecular weight is 303 g/mol. The topological polar surface area (TPSA) is 110 Å². The first kappa shape index (κ1) is 19.7. The van der Waals surface area contributed by atoms with Gasteiger partial charge in [-0.15, -0.1) is 0 Å². The molecule has 0 aromatic heterocycles. The van der Waals surface area contributed by atoms with Gasteiger partial charge < -0.3 is 20.7 Å². The second-order valence-corrected chi connectivity index (χ2v) is 6.47. The number of nitrogens with two attached hydrogens (primary N) is 1. The van der Waals surface area contributed by atoms with Crippen LogP contribution in [0.25, 0.3) is 0 Å². The summed E-state index contributed by atoms with van der Waals surface area (Å²) in [6, 6.07) is 0. The zero-order valence-corrected chi connectivity index (χ0v) is 13.3. The van der Waals surface area contributed by atoms with Crippen LogP contribution in [0.4, 0.5) is 4.79 Å². The van der Waals surface area contributed by atoms with Crippen LogP contribution in [0.3, 0.4) is 0 Å². The zero-order valence-electron chi connectivity index (χ0n) is 13.3. The van der Waals surface area contributed by atoms with E-state index in [1.807, 2.05) is 0 Å². The minimum atomic E-state index is -0.787. The molecule has 0 aliphatic heterocycles. The molecular formula is C15H29NO5. The monoisotopic (exact) mass is 303 g/mol. The summed E-state index contributed by atoms with van der Waals surface area (Å²) in [4.78, 5) is 20.5. The maximum Gasteiger partial charge on any atom is 0.405 e. The van der Waals surface area contributed by atoms with E-state index in [-0.39, 0.29) is 18.9 Å². The fraction of sp³-hybridized carbons (Fsp3) is 0.867. The molecule has 1 fully saturated rings. The molecule has 0 saturated heterocycles. The van der Waals surface area contributed by atoms with E-state index in [1.165, 1.54) is 19.3 Å². The van der Waals surface area contributed by atoms with Crippen molar-refractivity contribution < 1.29 is 24.5 Å². The summed E-state index contributed by atoms with van der Waals surface area (Å²) in [5, 5.41) is 17.7. The highest BCUT2D eigenvalue weighted by Gasteiger charge is 2.24. The number of carbonyl (C=O) groups excluding carboxylic acids is 1. The number of carboxylic acid groups (broad SMARTS) is 1. The minimum absolute atomic E-state index is 0.0159. The van der Waals surface area contributed by atoms with Crippen molar-refractivity contribution in [1.29, 1.82) is 0 Å². The quantitative estimate of drug-likeness (QED) is 0.739. The largest absolute Gasteiger partial charge is 0.481 e. The number of carbonyl (C=O) groups is 2. The highest BCUT2D eigenvalue weighted by molar-refractivity contribution is 5.67. The minimum Gasteiger partial charge on any atom is -0.481 e. The van der Waals surface area contributed by atoms with Gasteiger partial charge in [0.25, 0.3) is 0 Å². The van der Waals surface area contributed by atoms with E-state index in [0.29, 0.717) is 5.92 Å². The van der Waals surface area contributed by atoms with Crippen LogP contribution in [0.2, 0.25) is 0 Å². The van der Waals surface area contributed by atoms with Crippen molar-refractivity contribution in [3.05, 3.63) is 0 Å². The number of hydrogen-bond acceptors (Lipinski definition) is 4. The molecule has 0 spiro atoms. The highest BCUT2D eigenvalue weighted by Crippen LogP contribution is 2.31. The Kier molecular flexibility index (Phi) is 9.01. The van der Waals surface area contributed by atoms with Gasteiger partial charge in [0.15, 0.2) is 0 Å². The molecule has 1 atom stereocenters. The lowest BCUT2D eigenvalue weighted by atomic mass is 9.79. The molecule has 1 rings (SSSR count). The average Bonchev–Trinajstić information content (AvgIpc) is 2.34. The molecule has 1 unspecified atom stereocenters. The van der Waals surface area contributed by atoms with Gasteiger partial charge in [0.05, 0.1) is 6.42 Å². The lowest BCUT2D eigenvalue weighted by Crippen LogP contribution is -2.27. The molecule has 6 heteroatoms. The van der Waals surface area contributed by atoms with Crippen molar-refractivity contribution in [2.24, 2.45) is 17.6 Å². The summed E-state index contributed by atoms with van der Waals surface area (Å²) in [5.74, 6) is -0.364. The van der Waals surface area contributed by atoms with Crippen LogP contribution in [0.1, 0.15) is 59.3 Å². The zero-order chi connectivity index (χ0) is 16.5. The third kappa shape index (κ3) is 11.1. The summed E-state index contributed by atoms with van der Waals surface area (Å²) in [6.45, 7) is 5.31. The Balaban J connectivity index is 0.000000433. The van der Waals surface area contributed by atoms with Crippen LogP contribution in [-0.2, 0) is 9.53 Å². The van der Waals surface area contributed by atoms with Crippen LogP contribution in [0, 0.1) is 11.8 Å². The molecule has 1 saturated carbocycles. The van der Waals surface area contributed by atoms with E-state index in [9.17, 15) is 9.59 Å². The summed E-state index contributed by atoms with van der Waals surface area (Å²) in [7, 11) is 0. The summed E-state index contributed by atoms with van der Waals surface area (Å²) in [5.41, 5.74) is 4.26. The lowest BCUT2D eigenvalue weighted by Gasteiger charge is -2.27. The molecule has 4 N–H and O–H groups in total. The van der Waals surface area contributed by atoms with Crippen LogP contribution in [0.5, 0.6) is 0 Å². The smallest absolute Gasteiger partial charge is 0.405 e. The van der Waals surface area contributed by atoms with Crippen LogP contribution in [0.15, 0.2) is 0 Å². The Bertz CT molecular complexity index is 319. The maximum absolute atomic E-state index is 10.5. The van der Waals surface area contributed by atoms with Crippen LogP contribution < -0.4 is 5.73 Å². The van der Waals surface area contributed by atoms with Gasteiger partial charge in [0.2, 0.25) is 0 Å². The fourth-order valence-corrected chi connectivity index (χ4v) is 2.51. The Morgan fingerprint density at radius 3 is 2.05 bits per heavy atom. The number of aliphatic carboxylic acids is 1. The summed E-state index contributed by atoms with van der Waals surface area (Å²) >= 11 is 0. The third-order valence-electron chi connectivity index (χ3n) is 3.39. The van der Waals surface area contributed by atoms with E-state index in [1.54, 1.807) is 20.8 Å². The third-order valence-corrected chi connectivity index (χ3v) is 3.39. The van der Waals surface area contributed by atoms with Crippen molar-refractivity contribution in [1.82, 2.24) is 0 Å². The number of aliphatic hydroxyl groups is 1. The van der Waals surface area contributed by atoms with Crippen molar-refractivity contribution in [3.8, 4) is 0 Å². The standard InChI is InChI=1S/C10H18O3.C5H11NO2/c11-7-9(6-10(12)13)8-4-2-1-3-5-8;1-5(2,3)8-4(6)7/h8-9,11H,1-7H2,(H,12,13);1-3H3,(H2,6,7). The molecule has 21 heavy (non-hydrogen) atoms. The number of hydrogen-bond donors (Lipinski definition) is 3. The van der Waals surface area contributed by atoms with E-state index in [4.69, 9.17) is 15.9 Å². The molecule has 0 bridgehead atoms. The first-order valence-electron chi connectivity index (χ1n) is 7.46. The number of primary amides is 1. The van der Waals surface area contributed by atoms with Gasteiger partial charge in [-0.3, -0.25) is 4.79 Å². The maximum atomic E-state index is 10.5. The molecule has 6 nitrogen and oxygen atoms in total. The van der Waals surface area contributed by atoms with Crippen molar-refractivity contribution in [3.63, 3.8) is 0 Å². The second-order valence-electron chi connectivity index (χ2n) is 6.47. The van der Waals surface area contributed by atoms with Gasteiger partial charge in [0.1, 0.15) is 5.60 Å². The second kappa shape index (κ2) is 9.60. The fourth-order valence-electron chi connectivity index (χ4n) is 2.51.